The van der Waals surface area contributed by atoms with Crippen LogP contribution in [0.1, 0.15) is 50.5 Å². The summed E-state index contributed by atoms with van der Waals surface area (Å²) in [7, 11) is -9.77. The van der Waals surface area contributed by atoms with Gasteiger partial charge in [-0.15, -0.1) is 0 Å². The van der Waals surface area contributed by atoms with Crippen LogP contribution >= 0.6 is 15.2 Å². The van der Waals surface area contributed by atoms with Crippen LogP contribution < -0.4 is 21.5 Å². The minimum atomic E-state index is -4.95. The number of carbonyl (C=O) groups is 3. The summed E-state index contributed by atoms with van der Waals surface area (Å²) in [4.78, 5) is 90.8. The van der Waals surface area contributed by atoms with Gasteiger partial charge in [-0.1, -0.05) is 62.4 Å². The van der Waals surface area contributed by atoms with E-state index in [1.54, 1.807) is 13.8 Å². The van der Waals surface area contributed by atoms with Gasteiger partial charge in [-0.3, -0.25) is 38.4 Å². The monoisotopic (exact) mass is 787 g/mol. The molecule has 1 saturated heterocycles. The van der Waals surface area contributed by atoms with Gasteiger partial charge in [-0.2, -0.15) is 4.98 Å². The summed E-state index contributed by atoms with van der Waals surface area (Å²) in [5.41, 5.74) is 3.38. The fourth-order valence-electron chi connectivity index (χ4n) is 6.32. The van der Waals surface area contributed by atoms with Crippen molar-refractivity contribution in [2.24, 2.45) is 5.92 Å². The smallest absolute Gasteiger partial charge is 0.407 e. The average Bonchev–Trinajstić information content (AvgIpc) is 3.79. The second kappa shape index (κ2) is 15.5. The molecule has 0 bridgehead atoms. The summed E-state index contributed by atoms with van der Waals surface area (Å²) in [5, 5.41) is 7.74. The molecule has 3 amide bonds. The number of hydrogen-bond acceptors (Lipinski definition) is 11. The Kier molecular flexibility index (Phi) is 11.2. The van der Waals surface area contributed by atoms with E-state index in [1.807, 2.05) is 48.5 Å². The number of alkyl carbamates (subject to hydrolysis) is 1. The van der Waals surface area contributed by atoms with Crippen LogP contribution in [0.5, 0.6) is 0 Å². The lowest BCUT2D eigenvalue weighted by molar-refractivity contribution is -0.124. The number of carbonyl (C=O) groups excluding carboxylic acids is 3. The number of H-pyrrole nitrogens is 1. The molecule has 4 aromatic rings. The molecule has 1 aliphatic carbocycles. The summed E-state index contributed by atoms with van der Waals surface area (Å²) >= 11 is 0. The number of amides is 3. The number of aromatic nitrogens is 4. The highest BCUT2D eigenvalue weighted by Crippen LogP contribution is 2.55. The Morgan fingerprint density at radius 2 is 1.65 bits per heavy atom. The Labute approximate surface area is 307 Å². The van der Waals surface area contributed by atoms with Gasteiger partial charge in [0.1, 0.15) is 25.0 Å². The summed E-state index contributed by atoms with van der Waals surface area (Å²) in [5.74, 6) is -3.33. The van der Waals surface area contributed by atoms with Crippen LogP contribution in [0.3, 0.4) is 0 Å². The third-order valence-corrected chi connectivity index (χ3v) is 12.4. The number of fused-ring (bicyclic) bond motifs is 4. The van der Waals surface area contributed by atoms with Gasteiger partial charge >= 0.3 is 21.3 Å². The molecule has 4 unspecified atom stereocenters. The van der Waals surface area contributed by atoms with Crippen LogP contribution in [0, 0.1) is 5.92 Å². The van der Waals surface area contributed by atoms with Crippen molar-refractivity contribution in [2.75, 3.05) is 24.4 Å². The third kappa shape index (κ3) is 8.79. The molecule has 1 aliphatic heterocycles. The third-order valence-electron chi connectivity index (χ3n) is 8.95. The maximum Gasteiger partial charge on any atom is 0.407 e. The first-order chi connectivity index (χ1) is 25.5. The van der Waals surface area contributed by atoms with Crippen molar-refractivity contribution < 1.29 is 52.2 Å². The van der Waals surface area contributed by atoms with Gasteiger partial charge in [0.15, 0.2) is 17.1 Å². The van der Waals surface area contributed by atoms with Gasteiger partial charge in [0.25, 0.3) is 5.56 Å². The lowest BCUT2D eigenvalue weighted by atomic mass is 9.98. The Balaban J connectivity index is 1.15. The molecule has 2 aliphatic rings. The number of ether oxygens (including phenoxy) is 2. The van der Waals surface area contributed by atoms with E-state index in [2.05, 4.69) is 30.9 Å². The van der Waals surface area contributed by atoms with E-state index in [4.69, 9.17) is 14.0 Å². The molecule has 1 fully saturated rings. The first kappa shape index (κ1) is 39.0. The Hall–Kier alpha value is -4.74. The molecule has 6 rings (SSSR count). The van der Waals surface area contributed by atoms with E-state index >= 15 is 0 Å². The maximum atomic E-state index is 13.4. The van der Waals surface area contributed by atoms with Crippen molar-refractivity contribution in [1.82, 2.24) is 30.2 Å². The van der Waals surface area contributed by atoms with Crippen LogP contribution in [0.2, 0.25) is 0 Å². The van der Waals surface area contributed by atoms with E-state index in [-0.39, 0.29) is 36.1 Å². The fourth-order valence-corrected chi connectivity index (χ4v) is 8.89. The lowest BCUT2D eigenvalue weighted by Gasteiger charge is -2.23. The van der Waals surface area contributed by atoms with Crippen LogP contribution in [0.25, 0.3) is 22.3 Å². The highest BCUT2D eigenvalue weighted by molar-refractivity contribution is 7.70. The Bertz CT molecular complexity index is 2190. The minimum absolute atomic E-state index is 0.00840. The van der Waals surface area contributed by atoms with E-state index in [0.717, 1.165) is 22.3 Å². The van der Waals surface area contributed by atoms with Gasteiger partial charge in [-0.25, -0.2) is 9.78 Å². The predicted octanol–water partition coefficient (Wildman–Crippen LogP) is 2.75. The van der Waals surface area contributed by atoms with Crippen molar-refractivity contribution in [3.63, 3.8) is 0 Å². The molecule has 19 nitrogen and oxygen atoms in total. The first-order valence-corrected chi connectivity index (χ1v) is 20.4. The standard InChI is InChI=1S/C33H39N7O12P2/c1-17(2)29(41)38-32-37-28-27(31(43)39-32)34-15-40(28)26-12-24(25(52-26)14-51-54(48,49)16-53(45,46)47)36-30(42)18(3)35-33(44)50-13-23-21-10-6-4-8-19(21)20-9-5-7-11-22(20)23/h4-11,15,17-18,23-26H,12-14,16H2,1-3H3,(H,35,44)(H,36,42)(H,48,49)(H2,45,46,47)(H2,37,38,39,41,43)/t18?,24-,25?,26?/m0/s1. The van der Waals surface area contributed by atoms with Crippen molar-refractivity contribution >= 4 is 50.2 Å². The fraction of sp³-hybridized carbons (Fsp3) is 0.394. The van der Waals surface area contributed by atoms with Crippen LogP contribution in [0.15, 0.2) is 59.7 Å². The zero-order valence-corrected chi connectivity index (χ0v) is 31.0. The van der Waals surface area contributed by atoms with Gasteiger partial charge in [0.2, 0.25) is 17.8 Å². The molecule has 3 heterocycles. The van der Waals surface area contributed by atoms with Gasteiger partial charge in [0.05, 0.1) is 19.0 Å². The molecule has 5 atom stereocenters. The SMILES string of the molecule is CC(C)C(=O)Nc1nc2c(ncn2C2C[C@H](NC(=O)C(C)NC(=O)OCC3c4ccccc4-c4ccccc43)C(COP(=O)(O)CP(=O)(O)O)O2)c(=O)[nH]1. The molecule has 7 N–H and O–H groups in total. The topological polar surface area (TPSA) is 273 Å². The van der Waals surface area contributed by atoms with E-state index in [0.29, 0.717) is 0 Å². The molecule has 0 spiro atoms. The number of aromatic amines is 1. The largest absolute Gasteiger partial charge is 0.449 e. The quantitative estimate of drug-likeness (QED) is 0.0961. The molecule has 54 heavy (non-hydrogen) atoms. The van der Waals surface area contributed by atoms with E-state index in [1.165, 1.54) is 17.8 Å². The van der Waals surface area contributed by atoms with Crippen molar-refractivity contribution in [3.05, 3.63) is 76.3 Å². The van der Waals surface area contributed by atoms with Crippen molar-refractivity contribution in [1.29, 1.82) is 0 Å². The summed E-state index contributed by atoms with van der Waals surface area (Å²) in [6.07, 6.45) is -1.83. The molecule has 2 aromatic heterocycles. The average molecular weight is 788 g/mol. The Morgan fingerprint density at radius 3 is 2.28 bits per heavy atom. The van der Waals surface area contributed by atoms with Crippen LogP contribution in [0.4, 0.5) is 10.7 Å². The molecule has 0 saturated carbocycles. The molecule has 0 radical (unpaired) electrons. The molecular formula is C33H39N7O12P2. The number of anilines is 1. The van der Waals surface area contributed by atoms with Gasteiger partial charge in [-0.05, 0) is 29.2 Å². The van der Waals surface area contributed by atoms with Gasteiger partial charge < -0.3 is 39.3 Å². The Morgan fingerprint density at radius 1 is 1.00 bits per heavy atom. The summed E-state index contributed by atoms with van der Waals surface area (Å²) < 4.78 is 41.9. The number of benzene rings is 2. The molecule has 288 valence electrons. The molecular weight excluding hydrogens is 748 g/mol. The normalized spacial score (nSPS) is 19.9. The highest BCUT2D eigenvalue weighted by Gasteiger charge is 2.41. The maximum absolute atomic E-state index is 13.4. The number of hydrogen-bond donors (Lipinski definition) is 7. The number of rotatable bonds is 13. The van der Waals surface area contributed by atoms with E-state index < -0.39 is 81.5 Å². The predicted molar refractivity (Wildman–Crippen MR) is 192 cm³/mol. The van der Waals surface area contributed by atoms with E-state index in [9.17, 15) is 43.0 Å². The van der Waals surface area contributed by atoms with Crippen LogP contribution in [-0.4, -0.2) is 89.4 Å². The van der Waals surface area contributed by atoms with Gasteiger partial charge in [0, 0.05) is 18.3 Å². The number of nitrogens with one attached hydrogen (secondary N) is 4. The zero-order valence-electron chi connectivity index (χ0n) is 29.2. The second-order valence-electron chi connectivity index (χ2n) is 13.3. The summed E-state index contributed by atoms with van der Waals surface area (Å²) in [6.45, 7) is 4.04. The summed E-state index contributed by atoms with van der Waals surface area (Å²) in [6, 6.07) is 13.5. The van der Waals surface area contributed by atoms with Crippen molar-refractivity contribution in [2.45, 2.75) is 57.5 Å². The van der Waals surface area contributed by atoms with Crippen molar-refractivity contribution in [3.8, 4) is 11.1 Å². The van der Waals surface area contributed by atoms with Crippen LogP contribution in [-0.2, 0) is 32.7 Å². The minimum Gasteiger partial charge on any atom is -0.449 e. The number of imidazole rings is 1. The zero-order chi connectivity index (χ0) is 38.9. The number of nitrogens with zero attached hydrogens (tertiary/aromatic N) is 3. The highest BCUT2D eigenvalue weighted by atomic mass is 31.2. The first-order valence-electron chi connectivity index (χ1n) is 16.9. The lowest BCUT2D eigenvalue weighted by Crippen LogP contribution is -2.51. The second-order valence-corrected chi connectivity index (χ2v) is 17.3. The molecule has 2 aromatic carbocycles. The molecule has 21 heteroatoms.